The van der Waals surface area contributed by atoms with E-state index in [1.807, 2.05) is 0 Å². The van der Waals surface area contributed by atoms with Crippen molar-refractivity contribution in [3.8, 4) is 0 Å². The summed E-state index contributed by atoms with van der Waals surface area (Å²) in [4.78, 5) is 14.6. The summed E-state index contributed by atoms with van der Waals surface area (Å²) in [7, 11) is -6.94. The maximum atomic E-state index is 12.9. The summed E-state index contributed by atoms with van der Waals surface area (Å²) in [6.45, 7) is 6.64. The molecule has 29 heavy (non-hydrogen) atoms. The third-order valence-electron chi connectivity index (χ3n) is 5.68. The highest BCUT2D eigenvalue weighted by Gasteiger charge is 2.37. The minimum absolute atomic E-state index is 0.0204. The lowest BCUT2D eigenvalue weighted by atomic mass is 9.96. The van der Waals surface area contributed by atoms with Gasteiger partial charge in [0.05, 0.1) is 5.75 Å². The Morgan fingerprint density at radius 1 is 1.00 bits per heavy atom. The highest BCUT2D eigenvalue weighted by atomic mass is 32.2. The number of amides is 1. The van der Waals surface area contributed by atoms with Crippen molar-refractivity contribution in [2.75, 3.05) is 45.0 Å². The zero-order chi connectivity index (χ0) is 21.4. The Balaban J connectivity index is 1.58. The molecule has 0 atom stereocenters. The van der Waals surface area contributed by atoms with Gasteiger partial charge in [-0.2, -0.15) is 8.61 Å². The Morgan fingerprint density at radius 3 is 2.07 bits per heavy atom. The molecule has 0 aliphatic carbocycles. The van der Waals surface area contributed by atoms with E-state index in [0.717, 1.165) is 0 Å². The lowest BCUT2D eigenvalue weighted by Gasteiger charge is -2.37. The fourth-order valence-electron chi connectivity index (χ4n) is 3.94. The number of rotatable bonds is 5. The molecule has 12 heteroatoms. The van der Waals surface area contributed by atoms with Crippen molar-refractivity contribution in [1.29, 1.82) is 0 Å². The lowest BCUT2D eigenvalue weighted by molar-refractivity contribution is -0.137. The van der Waals surface area contributed by atoms with Crippen molar-refractivity contribution in [2.24, 2.45) is 5.92 Å². The van der Waals surface area contributed by atoms with Crippen LogP contribution in [-0.2, 0) is 24.8 Å². The molecule has 1 aromatic heterocycles. The number of sulfonamides is 2. The van der Waals surface area contributed by atoms with Crippen LogP contribution < -0.4 is 0 Å². The van der Waals surface area contributed by atoms with Gasteiger partial charge in [-0.25, -0.2) is 16.8 Å². The van der Waals surface area contributed by atoms with Gasteiger partial charge in [0.2, 0.25) is 26.0 Å². The SMILES string of the molecule is CCS(=O)(=O)N1CCN(C(=O)C2CCN(S(=O)(=O)c3c(C)noc3C)CC2)CC1. The number of carbonyl (C=O) groups excluding carboxylic acids is 1. The standard InChI is InChI=1S/C17H28N4O6S2/c1-4-28(23,24)20-11-9-19(10-12-20)17(22)15-5-7-21(8-6-15)29(25,26)16-13(2)18-27-14(16)3/h15H,4-12H2,1-3H3. The summed E-state index contributed by atoms with van der Waals surface area (Å²) in [5.41, 5.74) is 0.334. The average Bonchev–Trinajstić information content (AvgIpc) is 3.06. The van der Waals surface area contributed by atoms with E-state index in [4.69, 9.17) is 4.52 Å². The summed E-state index contributed by atoms with van der Waals surface area (Å²) in [5, 5.41) is 3.72. The minimum Gasteiger partial charge on any atom is -0.360 e. The van der Waals surface area contributed by atoms with E-state index >= 15 is 0 Å². The van der Waals surface area contributed by atoms with Crippen LogP contribution in [0.4, 0.5) is 0 Å². The van der Waals surface area contributed by atoms with Gasteiger partial charge in [0.15, 0.2) is 5.76 Å². The van der Waals surface area contributed by atoms with E-state index in [0.29, 0.717) is 44.7 Å². The molecule has 0 saturated carbocycles. The number of piperidine rings is 1. The molecule has 0 N–H and O–H groups in total. The van der Waals surface area contributed by atoms with Crippen LogP contribution >= 0.6 is 0 Å². The smallest absolute Gasteiger partial charge is 0.248 e. The zero-order valence-electron chi connectivity index (χ0n) is 17.0. The molecule has 2 saturated heterocycles. The third-order valence-corrected chi connectivity index (χ3v) is 9.70. The first kappa shape index (κ1) is 22.2. The highest BCUT2D eigenvalue weighted by molar-refractivity contribution is 7.89. The van der Waals surface area contributed by atoms with Gasteiger partial charge in [-0.3, -0.25) is 4.79 Å². The predicted molar refractivity (Wildman–Crippen MR) is 105 cm³/mol. The summed E-state index contributed by atoms with van der Waals surface area (Å²) in [6, 6.07) is 0. The van der Waals surface area contributed by atoms with Crippen molar-refractivity contribution in [3.63, 3.8) is 0 Å². The van der Waals surface area contributed by atoms with Crippen LogP contribution in [0, 0.1) is 19.8 Å². The summed E-state index contributed by atoms with van der Waals surface area (Å²) < 4.78 is 57.5. The second-order valence-corrected chi connectivity index (χ2v) is 11.6. The first-order valence-electron chi connectivity index (χ1n) is 9.77. The van der Waals surface area contributed by atoms with Crippen LogP contribution in [0.2, 0.25) is 0 Å². The maximum absolute atomic E-state index is 12.9. The van der Waals surface area contributed by atoms with Crippen molar-refractivity contribution in [1.82, 2.24) is 18.7 Å². The molecule has 1 amide bonds. The maximum Gasteiger partial charge on any atom is 0.248 e. The van der Waals surface area contributed by atoms with Gasteiger partial charge < -0.3 is 9.42 Å². The molecule has 2 fully saturated rings. The summed E-state index contributed by atoms with van der Waals surface area (Å²) >= 11 is 0. The van der Waals surface area contributed by atoms with Crippen molar-refractivity contribution in [2.45, 2.75) is 38.5 Å². The summed E-state index contributed by atoms with van der Waals surface area (Å²) in [5.74, 6) is 0.0490. The third kappa shape index (κ3) is 4.35. The Hall–Kier alpha value is -1.50. The van der Waals surface area contributed by atoms with E-state index in [2.05, 4.69) is 5.16 Å². The van der Waals surface area contributed by atoms with Crippen LogP contribution in [-0.4, -0.2) is 86.4 Å². The molecule has 0 aromatic carbocycles. The Morgan fingerprint density at radius 2 is 1.59 bits per heavy atom. The van der Waals surface area contributed by atoms with E-state index in [1.165, 1.54) is 8.61 Å². The zero-order valence-corrected chi connectivity index (χ0v) is 18.6. The van der Waals surface area contributed by atoms with Gasteiger partial charge in [-0.15, -0.1) is 0 Å². The number of carbonyl (C=O) groups is 1. The topological polar surface area (TPSA) is 121 Å². The van der Waals surface area contributed by atoms with Gasteiger partial charge in [-0.05, 0) is 33.6 Å². The molecule has 0 spiro atoms. The molecule has 2 aliphatic heterocycles. The fourth-order valence-corrected chi connectivity index (χ4v) is 6.79. The Labute approximate surface area is 171 Å². The normalized spacial score (nSPS) is 20.9. The molecule has 0 bridgehead atoms. The monoisotopic (exact) mass is 448 g/mol. The van der Waals surface area contributed by atoms with E-state index in [9.17, 15) is 21.6 Å². The second-order valence-electron chi connectivity index (χ2n) is 7.46. The highest BCUT2D eigenvalue weighted by Crippen LogP contribution is 2.28. The summed E-state index contributed by atoms with van der Waals surface area (Å²) in [6.07, 6.45) is 0.879. The molecular formula is C17H28N4O6S2. The van der Waals surface area contributed by atoms with Crippen molar-refractivity contribution >= 4 is 26.0 Å². The number of nitrogens with zero attached hydrogens (tertiary/aromatic N) is 4. The van der Waals surface area contributed by atoms with Gasteiger partial charge in [-0.1, -0.05) is 5.16 Å². The van der Waals surface area contributed by atoms with Gasteiger partial charge in [0, 0.05) is 45.2 Å². The van der Waals surface area contributed by atoms with Crippen LogP contribution in [0.15, 0.2) is 9.42 Å². The van der Waals surface area contributed by atoms with Crippen LogP contribution in [0.25, 0.3) is 0 Å². The minimum atomic E-state index is -3.70. The first-order valence-corrected chi connectivity index (χ1v) is 12.8. The molecule has 0 unspecified atom stereocenters. The largest absolute Gasteiger partial charge is 0.360 e. The van der Waals surface area contributed by atoms with E-state index in [-0.39, 0.29) is 41.3 Å². The van der Waals surface area contributed by atoms with Crippen LogP contribution in [0.1, 0.15) is 31.2 Å². The predicted octanol–water partition coefficient (Wildman–Crippen LogP) is 0.186. The average molecular weight is 449 g/mol. The number of piperazine rings is 1. The van der Waals surface area contributed by atoms with Gasteiger partial charge in [0.25, 0.3) is 0 Å². The fraction of sp³-hybridized carbons (Fsp3) is 0.765. The molecule has 10 nitrogen and oxygen atoms in total. The van der Waals surface area contributed by atoms with Crippen LogP contribution in [0.3, 0.4) is 0 Å². The van der Waals surface area contributed by atoms with Crippen molar-refractivity contribution in [3.05, 3.63) is 11.5 Å². The molecule has 3 rings (SSSR count). The first-order chi connectivity index (χ1) is 13.6. The number of hydrogen-bond donors (Lipinski definition) is 0. The molecule has 164 valence electrons. The molecular weight excluding hydrogens is 420 g/mol. The number of aryl methyl sites for hydroxylation is 2. The second kappa shape index (κ2) is 8.32. The van der Waals surface area contributed by atoms with Gasteiger partial charge in [0.1, 0.15) is 10.6 Å². The van der Waals surface area contributed by atoms with Crippen LogP contribution in [0.5, 0.6) is 0 Å². The number of hydrogen-bond acceptors (Lipinski definition) is 7. The molecule has 0 radical (unpaired) electrons. The number of aromatic nitrogens is 1. The van der Waals surface area contributed by atoms with Crippen molar-refractivity contribution < 1.29 is 26.2 Å². The van der Waals surface area contributed by atoms with E-state index in [1.54, 1.807) is 25.7 Å². The molecule has 3 heterocycles. The Bertz CT molecular complexity index is 937. The molecule has 1 aromatic rings. The quantitative estimate of drug-likeness (QED) is 0.630. The lowest BCUT2D eigenvalue weighted by Crippen LogP contribution is -2.53. The molecule has 2 aliphatic rings. The van der Waals surface area contributed by atoms with E-state index < -0.39 is 20.0 Å². The Kier molecular flexibility index (Phi) is 6.37. The van der Waals surface area contributed by atoms with Gasteiger partial charge >= 0.3 is 0 Å².